The zero-order valence-electron chi connectivity index (χ0n) is 31.9. The van der Waals surface area contributed by atoms with E-state index >= 15 is 0 Å². The van der Waals surface area contributed by atoms with Crippen LogP contribution in [0.1, 0.15) is 74.9 Å². The molecular formula is C42H48N2O10P2. The molecule has 0 aliphatic carbocycles. The lowest BCUT2D eigenvalue weighted by molar-refractivity contribution is 0.0990. The number of para-hydroxylation sites is 1. The molecule has 4 aromatic rings. The number of benzene rings is 4. The molecule has 0 radical (unpaired) electrons. The summed E-state index contributed by atoms with van der Waals surface area (Å²) >= 11 is 0. The number of anilines is 3. The number of nitrogens with one attached hydrogen (secondary N) is 1. The number of hydrogen-bond donors (Lipinski definition) is 4. The molecule has 12 nitrogen and oxygen atoms in total. The van der Waals surface area contributed by atoms with E-state index < -0.39 is 21.6 Å². The van der Waals surface area contributed by atoms with Crippen LogP contribution in [-0.2, 0) is 31.4 Å². The van der Waals surface area contributed by atoms with Gasteiger partial charge in [0, 0.05) is 18.7 Å². The van der Waals surface area contributed by atoms with Crippen LogP contribution in [0.4, 0.5) is 17.1 Å². The van der Waals surface area contributed by atoms with Gasteiger partial charge in [0.25, 0.3) is 5.91 Å². The molecule has 2 unspecified atom stereocenters. The minimum absolute atomic E-state index is 0.0116. The highest BCUT2D eigenvalue weighted by Crippen LogP contribution is 2.54. The molecule has 0 aromatic heterocycles. The summed E-state index contributed by atoms with van der Waals surface area (Å²) in [6, 6.07) is 24.3. The van der Waals surface area contributed by atoms with Crippen molar-refractivity contribution in [1.82, 2.24) is 0 Å². The number of rotatable bonds is 18. The third-order valence-electron chi connectivity index (χ3n) is 8.76. The van der Waals surface area contributed by atoms with Gasteiger partial charge in [-0.2, -0.15) is 0 Å². The van der Waals surface area contributed by atoms with Crippen molar-refractivity contribution < 1.29 is 46.9 Å². The van der Waals surface area contributed by atoms with Crippen LogP contribution in [0.15, 0.2) is 126 Å². The molecule has 1 aliphatic heterocycles. The van der Waals surface area contributed by atoms with Crippen molar-refractivity contribution >= 4 is 38.6 Å². The highest BCUT2D eigenvalue weighted by Gasteiger charge is 2.35. The molecular weight excluding hydrogens is 754 g/mol. The molecule has 14 heteroatoms. The molecule has 5 rings (SSSR count). The Hall–Kier alpha value is -4.93. The van der Waals surface area contributed by atoms with Crippen molar-refractivity contribution in [2.45, 2.75) is 66.6 Å². The minimum atomic E-state index is -4.84. The SMILES string of the molecule is CC(C)=CCCC(C)=CCCC(C)=CCN1C(=O)c2cccc(OP(=O)(O)OCc3ccccc3)c2Nc2c(OP(=O)(O)OCc3ccccc3)cc(O)cc21. The molecule has 0 spiro atoms. The average Bonchev–Trinajstić information content (AvgIpc) is 3.27. The van der Waals surface area contributed by atoms with Gasteiger partial charge in [0.2, 0.25) is 0 Å². The van der Waals surface area contributed by atoms with Gasteiger partial charge in [-0.05, 0) is 76.6 Å². The highest BCUT2D eigenvalue weighted by molar-refractivity contribution is 7.48. The standard InChI is InChI=1S/C42H48N2O10P2/c1-30(2)14-11-15-31(3)16-12-17-32(4)24-25-44-37-26-35(45)27-39(54-56(49,50)52-29-34-20-9-6-10-21-34)41(37)43-40-36(42(44)46)22-13-23-38(40)53-55(47,48)51-28-33-18-7-5-8-19-33/h5-10,13-14,16,18-24,26-27,43,45H,11-12,15,17,25,28-29H2,1-4H3,(H,47,48)(H,49,50). The van der Waals surface area contributed by atoms with E-state index in [9.17, 15) is 28.8 Å². The van der Waals surface area contributed by atoms with E-state index in [1.165, 1.54) is 40.3 Å². The third-order valence-corrected chi connectivity index (χ3v) is 10.5. The number of hydrogen-bond acceptors (Lipinski definition) is 9. The van der Waals surface area contributed by atoms with Crippen LogP contribution in [-0.4, -0.2) is 27.3 Å². The molecule has 56 heavy (non-hydrogen) atoms. The molecule has 0 fully saturated rings. The Morgan fingerprint density at radius 3 is 1.84 bits per heavy atom. The molecule has 0 saturated carbocycles. The number of carbonyl (C=O) groups excluding carboxylic acids is 1. The first-order chi connectivity index (χ1) is 26.7. The maximum Gasteiger partial charge on any atom is 0.527 e. The Bertz CT molecular complexity index is 2180. The molecule has 4 aromatic carbocycles. The Balaban J connectivity index is 1.47. The van der Waals surface area contributed by atoms with Gasteiger partial charge >= 0.3 is 15.6 Å². The van der Waals surface area contributed by atoms with E-state index in [1.807, 2.05) is 13.0 Å². The minimum Gasteiger partial charge on any atom is -0.508 e. The summed E-state index contributed by atoms with van der Waals surface area (Å²) in [6.07, 6.45) is 9.82. The van der Waals surface area contributed by atoms with E-state index in [-0.39, 0.29) is 59.6 Å². The average molecular weight is 803 g/mol. The fraction of sp³-hybridized carbons (Fsp3) is 0.262. The monoisotopic (exact) mass is 802 g/mol. The summed E-state index contributed by atoms with van der Waals surface area (Å²) in [5, 5.41) is 13.9. The summed E-state index contributed by atoms with van der Waals surface area (Å²) < 4.78 is 48.2. The van der Waals surface area contributed by atoms with Crippen LogP contribution in [0.3, 0.4) is 0 Å². The molecule has 0 bridgehead atoms. The van der Waals surface area contributed by atoms with Crippen LogP contribution in [0.5, 0.6) is 17.2 Å². The van der Waals surface area contributed by atoms with Crippen LogP contribution in [0, 0.1) is 0 Å². The Morgan fingerprint density at radius 1 is 0.696 bits per heavy atom. The zero-order chi connectivity index (χ0) is 40.3. The number of carbonyl (C=O) groups is 1. The van der Waals surface area contributed by atoms with Crippen molar-refractivity contribution in [1.29, 1.82) is 0 Å². The quantitative estimate of drug-likeness (QED) is 0.0430. The lowest BCUT2D eigenvalue weighted by Crippen LogP contribution is -2.30. The number of phenols is 1. The molecule has 0 saturated heterocycles. The smallest absolute Gasteiger partial charge is 0.508 e. The maximum absolute atomic E-state index is 14.4. The van der Waals surface area contributed by atoms with Gasteiger partial charge in [0.1, 0.15) is 11.4 Å². The van der Waals surface area contributed by atoms with Gasteiger partial charge in [-0.1, -0.05) is 102 Å². The van der Waals surface area contributed by atoms with Crippen molar-refractivity contribution in [2.75, 3.05) is 16.8 Å². The van der Waals surface area contributed by atoms with E-state index in [4.69, 9.17) is 18.1 Å². The van der Waals surface area contributed by atoms with Gasteiger partial charge in [-0.3, -0.25) is 23.6 Å². The van der Waals surface area contributed by atoms with E-state index in [1.54, 1.807) is 60.7 Å². The highest BCUT2D eigenvalue weighted by atomic mass is 31.2. The molecule has 1 amide bonds. The number of aromatic hydroxyl groups is 1. The number of phosphoric ester groups is 2. The summed E-state index contributed by atoms with van der Waals surface area (Å²) in [5.74, 6) is -1.47. The molecule has 2 atom stereocenters. The Labute approximate surface area is 328 Å². The summed E-state index contributed by atoms with van der Waals surface area (Å²) in [7, 11) is -9.60. The number of phosphoric acid groups is 2. The maximum atomic E-state index is 14.4. The third kappa shape index (κ3) is 12.3. The van der Waals surface area contributed by atoms with Crippen molar-refractivity contribution in [3.63, 3.8) is 0 Å². The second kappa shape index (κ2) is 19.3. The number of nitrogens with zero attached hydrogens (tertiary/aromatic N) is 1. The van der Waals surface area contributed by atoms with E-state index in [0.29, 0.717) is 11.1 Å². The van der Waals surface area contributed by atoms with Crippen LogP contribution < -0.4 is 19.3 Å². The molecule has 4 N–H and O–H groups in total. The predicted octanol–water partition coefficient (Wildman–Crippen LogP) is 10.9. The largest absolute Gasteiger partial charge is 0.527 e. The molecule has 1 heterocycles. The van der Waals surface area contributed by atoms with Crippen molar-refractivity contribution in [3.8, 4) is 17.2 Å². The molecule has 296 valence electrons. The normalized spacial score (nSPS) is 15.0. The first-order valence-electron chi connectivity index (χ1n) is 18.1. The number of phenolic OH excluding ortho intramolecular Hbond substituents is 1. The summed E-state index contributed by atoms with van der Waals surface area (Å²) in [6.45, 7) is 7.80. The lowest BCUT2D eigenvalue weighted by atomic mass is 10.1. The lowest BCUT2D eigenvalue weighted by Gasteiger charge is -2.24. The first kappa shape index (κ1) is 42.2. The van der Waals surface area contributed by atoms with Gasteiger partial charge in [-0.15, -0.1) is 0 Å². The molecule has 1 aliphatic rings. The van der Waals surface area contributed by atoms with E-state index in [2.05, 4.69) is 38.2 Å². The summed E-state index contributed by atoms with van der Waals surface area (Å²) in [4.78, 5) is 37.4. The van der Waals surface area contributed by atoms with Crippen LogP contribution in [0.25, 0.3) is 0 Å². The van der Waals surface area contributed by atoms with Gasteiger partial charge in [0.05, 0.1) is 30.2 Å². The van der Waals surface area contributed by atoms with Gasteiger partial charge < -0.3 is 24.4 Å². The van der Waals surface area contributed by atoms with Gasteiger partial charge in [-0.25, -0.2) is 9.13 Å². The first-order valence-corrected chi connectivity index (χ1v) is 21.1. The predicted molar refractivity (Wildman–Crippen MR) is 218 cm³/mol. The number of amides is 1. The topological polar surface area (TPSA) is 164 Å². The zero-order valence-corrected chi connectivity index (χ0v) is 33.7. The second-order valence-corrected chi connectivity index (χ2v) is 16.4. The fourth-order valence-electron chi connectivity index (χ4n) is 5.82. The Morgan fingerprint density at radius 2 is 1.25 bits per heavy atom. The van der Waals surface area contributed by atoms with E-state index in [0.717, 1.165) is 37.3 Å². The Kier molecular flexibility index (Phi) is 14.5. The van der Waals surface area contributed by atoms with Crippen LogP contribution in [0.2, 0.25) is 0 Å². The number of allylic oxidation sites excluding steroid dienone is 5. The van der Waals surface area contributed by atoms with Crippen molar-refractivity contribution in [2.24, 2.45) is 0 Å². The second-order valence-electron chi connectivity index (χ2n) is 13.7. The van der Waals surface area contributed by atoms with Crippen LogP contribution >= 0.6 is 15.6 Å². The number of fused-ring (bicyclic) bond motifs is 2. The fourth-order valence-corrected chi connectivity index (χ4v) is 7.34. The summed E-state index contributed by atoms with van der Waals surface area (Å²) in [5.41, 5.74) is 4.93. The van der Waals surface area contributed by atoms with Crippen molar-refractivity contribution in [3.05, 3.63) is 143 Å². The van der Waals surface area contributed by atoms with Gasteiger partial charge in [0.15, 0.2) is 11.5 Å².